The van der Waals surface area contributed by atoms with Crippen molar-refractivity contribution in [2.24, 2.45) is 10.8 Å². The predicted octanol–water partition coefficient (Wildman–Crippen LogP) is 6.47. The summed E-state index contributed by atoms with van der Waals surface area (Å²) in [6, 6.07) is 2.21. The lowest BCUT2D eigenvalue weighted by Gasteiger charge is -2.35. The van der Waals surface area contributed by atoms with Gasteiger partial charge in [-0.1, -0.05) is 37.0 Å². The van der Waals surface area contributed by atoms with Gasteiger partial charge in [-0.25, -0.2) is 4.39 Å². The number of Topliss-reactive ketones (excluding diaryl/α,β-unsaturated/α-hetero) is 2. The lowest BCUT2D eigenvalue weighted by Crippen LogP contribution is -2.39. The number of hydrogen-bond acceptors (Lipinski definition) is 4. The summed E-state index contributed by atoms with van der Waals surface area (Å²) in [6.45, 7) is 7.82. The van der Waals surface area contributed by atoms with Crippen LogP contribution in [-0.4, -0.2) is 45.2 Å². The number of nitrogens with zero attached hydrogens (tertiary/aromatic N) is 3. The zero-order chi connectivity index (χ0) is 26.4. The summed E-state index contributed by atoms with van der Waals surface area (Å²) >= 11 is 12.3. The Balaban J connectivity index is 1.56. The van der Waals surface area contributed by atoms with Crippen LogP contribution in [0.25, 0.3) is 0 Å². The van der Waals surface area contributed by atoms with Gasteiger partial charge in [0.2, 0.25) is 0 Å². The lowest BCUT2D eigenvalue weighted by atomic mass is 9.71. The Labute approximate surface area is 221 Å². The Morgan fingerprint density at radius 3 is 2.22 bits per heavy atom. The number of hydrogen-bond donors (Lipinski definition) is 0. The van der Waals surface area contributed by atoms with E-state index in [1.54, 1.807) is 13.1 Å². The van der Waals surface area contributed by atoms with Crippen LogP contribution in [0.5, 0.6) is 0 Å². The third-order valence-corrected chi connectivity index (χ3v) is 8.71. The lowest BCUT2D eigenvalue weighted by molar-refractivity contribution is -0.127. The van der Waals surface area contributed by atoms with Crippen LogP contribution >= 0.6 is 23.2 Å². The average molecular weight is 536 g/mol. The third kappa shape index (κ3) is 5.37. The normalized spacial score (nSPS) is 22.8. The molecule has 1 aromatic carbocycles. The van der Waals surface area contributed by atoms with E-state index >= 15 is 0 Å². The highest BCUT2D eigenvalue weighted by atomic mass is 35.5. The Morgan fingerprint density at radius 2 is 1.69 bits per heavy atom. The molecule has 9 heteroatoms. The van der Waals surface area contributed by atoms with Gasteiger partial charge >= 0.3 is 0 Å². The molecule has 0 spiro atoms. The van der Waals surface area contributed by atoms with E-state index in [0.29, 0.717) is 12.1 Å². The van der Waals surface area contributed by atoms with Gasteiger partial charge in [-0.15, -0.1) is 0 Å². The number of ketones is 2. The Hall–Kier alpha value is -2.25. The molecular weight excluding hydrogens is 504 g/mol. The highest BCUT2D eigenvalue weighted by Crippen LogP contribution is 2.46. The van der Waals surface area contributed by atoms with E-state index in [9.17, 15) is 18.8 Å². The first kappa shape index (κ1) is 26.8. The molecule has 0 atom stereocenters. The van der Waals surface area contributed by atoms with Gasteiger partial charge in [-0.05, 0) is 69.9 Å². The van der Waals surface area contributed by atoms with Crippen LogP contribution in [0.2, 0.25) is 10.0 Å². The molecular formula is C27H32Cl2FN3O3. The van der Waals surface area contributed by atoms with Crippen LogP contribution in [0.15, 0.2) is 18.3 Å². The Bertz CT molecular complexity index is 1190. The molecule has 2 aliphatic carbocycles. The second kappa shape index (κ2) is 9.90. The maximum Gasteiger partial charge on any atom is 0.257 e. The molecule has 2 aliphatic rings. The summed E-state index contributed by atoms with van der Waals surface area (Å²) in [4.78, 5) is 40.4. The second-order valence-electron chi connectivity index (χ2n) is 11.1. The number of benzene rings is 1. The fourth-order valence-corrected chi connectivity index (χ4v) is 5.77. The maximum absolute atomic E-state index is 13.7. The number of rotatable bonds is 8. The fraction of sp³-hybridized carbons (Fsp3) is 0.556. The number of aromatic nitrogens is 2. The summed E-state index contributed by atoms with van der Waals surface area (Å²) in [5.41, 5.74) is 0.866. The Morgan fingerprint density at radius 1 is 1.11 bits per heavy atom. The third-order valence-electron chi connectivity index (χ3n) is 8.11. The standard InChI is InChI=1S/C27H32Cl2FN3O3/c1-16-20(13-31-33(16)19-5-7-27(4,8-6-19)17(2)34)25(36)32(15-26(3)9-10-26)14-23(35)24-21(28)11-18(30)12-22(24)29/h11-13,19H,5-10,14-15H2,1-4H3/t19-,27-. The molecule has 0 aliphatic heterocycles. The van der Waals surface area contributed by atoms with Crippen LogP contribution in [-0.2, 0) is 4.79 Å². The quantitative estimate of drug-likeness (QED) is 0.363. The summed E-state index contributed by atoms with van der Waals surface area (Å²) in [5.74, 6) is -1.14. The zero-order valence-electron chi connectivity index (χ0n) is 21.2. The van der Waals surface area contributed by atoms with Crippen LogP contribution in [0.3, 0.4) is 0 Å². The van der Waals surface area contributed by atoms with Gasteiger partial charge in [-0.3, -0.25) is 19.1 Å². The fourth-order valence-electron chi connectivity index (χ4n) is 5.10. The van der Waals surface area contributed by atoms with Crippen molar-refractivity contribution in [3.63, 3.8) is 0 Å². The first-order valence-corrected chi connectivity index (χ1v) is 13.1. The van der Waals surface area contributed by atoms with Gasteiger partial charge < -0.3 is 4.90 Å². The van der Waals surface area contributed by atoms with E-state index < -0.39 is 11.6 Å². The second-order valence-corrected chi connectivity index (χ2v) is 11.9. The first-order chi connectivity index (χ1) is 16.8. The highest BCUT2D eigenvalue weighted by molar-refractivity contribution is 6.40. The van der Waals surface area contributed by atoms with Crippen molar-refractivity contribution in [2.45, 2.75) is 72.3 Å². The monoisotopic (exact) mass is 535 g/mol. The van der Waals surface area contributed by atoms with Crippen molar-refractivity contribution >= 4 is 40.7 Å². The summed E-state index contributed by atoms with van der Waals surface area (Å²) < 4.78 is 15.5. The van der Waals surface area contributed by atoms with Gasteiger partial charge in [0.25, 0.3) is 5.91 Å². The maximum atomic E-state index is 13.7. The van der Waals surface area contributed by atoms with Gasteiger partial charge in [0, 0.05) is 17.7 Å². The molecule has 0 radical (unpaired) electrons. The Kier molecular flexibility index (Phi) is 7.37. The van der Waals surface area contributed by atoms with E-state index in [2.05, 4.69) is 12.0 Å². The number of amides is 1. The van der Waals surface area contributed by atoms with E-state index in [1.165, 1.54) is 4.90 Å². The molecule has 36 heavy (non-hydrogen) atoms. The molecule has 2 fully saturated rings. The van der Waals surface area contributed by atoms with Gasteiger partial charge in [0.1, 0.15) is 11.6 Å². The minimum Gasteiger partial charge on any atom is -0.330 e. The van der Waals surface area contributed by atoms with Gasteiger partial charge in [0.05, 0.1) is 40.0 Å². The minimum atomic E-state index is -0.630. The topological polar surface area (TPSA) is 72.3 Å². The van der Waals surface area contributed by atoms with Crippen molar-refractivity contribution in [3.05, 3.63) is 51.0 Å². The first-order valence-electron chi connectivity index (χ1n) is 12.4. The van der Waals surface area contributed by atoms with Crippen molar-refractivity contribution in [1.29, 1.82) is 0 Å². The molecule has 0 unspecified atom stereocenters. The van der Waals surface area contributed by atoms with E-state index in [4.69, 9.17) is 23.2 Å². The van der Waals surface area contributed by atoms with E-state index in [-0.39, 0.29) is 50.7 Å². The summed E-state index contributed by atoms with van der Waals surface area (Å²) in [6.07, 6.45) is 6.71. The van der Waals surface area contributed by atoms with Crippen molar-refractivity contribution in [3.8, 4) is 0 Å². The summed E-state index contributed by atoms with van der Waals surface area (Å²) in [7, 11) is 0. The van der Waals surface area contributed by atoms with Crippen LogP contribution in [0.4, 0.5) is 4.39 Å². The van der Waals surface area contributed by atoms with E-state index in [1.807, 2.05) is 18.5 Å². The molecule has 6 nitrogen and oxygen atoms in total. The molecule has 1 heterocycles. The SMILES string of the molecule is Cc1c(C(=O)N(CC(=O)c2c(Cl)cc(F)cc2Cl)CC2(C)CC2)cnn1[C@H]1CC[C@](C)(C(C)=O)CC1. The molecule has 4 rings (SSSR count). The van der Waals surface area contributed by atoms with Gasteiger partial charge in [0.15, 0.2) is 5.78 Å². The number of halogens is 3. The largest absolute Gasteiger partial charge is 0.330 e. The average Bonchev–Trinajstić information content (AvgIpc) is 3.39. The number of carbonyl (C=O) groups excluding carboxylic acids is 3. The predicted molar refractivity (Wildman–Crippen MR) is 137 cm³/mol. The molecule has 0 saturated heterocycles. The van der Waals surface area contributed by atoms with Gasteiger partial charge in [-0.2, -0.15) is 5.10 Å². The molecule has 2 aromatic rings. The number of carbonyl (C=O) groups is 3. The minimum absolute atomic E-state index is 0.0154. The van der Waals surface area contributed by atoms with Crippen LogP contribution < -0.4 is 0 Å². The summed E-state index contributed by atoms with van der Waals surface area (Å²) in [5, 5.41) is 4.39. The molecule has 194 valence electrons. The van der Waals surface area contributed by atoms with Crippen molar-refractivity contribution in [1.82, 2.24) is 14.7 Å². The van der Waals surface area contributed by atoms with Crippen LogP contribution in [0.1, 0.15) is 91.7 Å². The molecule has 1 aromatic heterocycles. The van der Waals surface area contributed by atoms with Crippen LogP contribution in [0, 0.1) is 23.6 Å². The smallest absolute Gasteiger partial charge is 0.257 e. The van der Waals surface area contributed by atoms with Crippen molar-refractivity contribution < 1.29 is 18.8 Å². The molecule has 0 N–H and O–H groups in total. The molecule has 0 bridgehead atoms. The molecule has 1 amide bonds. The zero-order valence-corrected chi connectivity index (χ0v) is 22.7. The van der Waals surface area contributed by atoms with E-state index in [0.717, 1.165) is 56.4 Å². The molecule has 2 saturated carbocycles. The van der Waals surface area contributed by atoms with Crippen molar-refractivity contribution in [2.75, 3.05) is 13.1 Å². The highest BCUT2D eigenvalue weighted by Gasteiger charge is 2.41.